The van der Waals surface area contributed by atoms with E-state index >= 15 is 0 Å². The van der Waals surface area contributed by atoms with Crippen LogP contribution in [0.1, 0.15) is 10.5 Å². The Hall–Kier alpha value is -2.68. The molecular weight excluding hydrogens is 331 g/mol. The zero-order valence-corrected chi connectivity index (χ0v) is 13.7. The maximum absolute atomic E-state index is 12.9. The normalized spacial score (nSPS) is 10.8. The number of amides is 1. The summed E-state index contributed by atoms with van der Waals surface area (Å²) in [6.07, 6.45) is 1.63. The molecule has 24 heavy (non-hydrogen) atoms. The van der Waals surface area contributed by atoms with Gasteiger partial charge in [0.1, 0.15) is 17.8 Å². The second-order valence-electron chi connectivity index (χ2n) is 5.00. The van der Waals surface area contributed by atoms with Crippen molar-refractivity contribution in [2.24, 2.45) is 7.05 Å². The molecular formula is C15H15FN6OS. The van der Waals surface area contributed by atoms with Crippen LogP contribution in [-0.4, -0.2) is 43.2 Å². The Morgan fingerprint density at radius 1 is 1.38 bits per heavy atom. The molecule has 0 aliphatic heterocycles. The van der Waals surface area contributed by atoms with Crippen LogP contribution in [0.4, 0.5) is 4.39 Å². The second kappa shape index (κ2) is 7.26. The summed E-state index contributed by atoms with van der Waals surface area (Å²) < 4.78 is 14.7. The summed E-state index contributed by atoms with van der Waals surface area (Å²) in [5, 5.41) is 18.1. The highest BCUT2D eigenvalue weighted by atomic mass is 32.2. The molecule has 0 atom stereocenters. The van der Waals surface area contributed by atoms with E-state index in [-0.39, 0.29) is 11.7 Å². The van der Waals surface area contributed by atoms with Gasteiger partial charge in [0.15, 0.2) is 5.16 Å². The molecule has 3 aromatic rings. The predicted molar refractivity (Wildman–Crippen MR) is 88.0 cm³/mol. The Kier molecular flexibility index (Phi) is 4.90. The largest absolute Gasteiger partial charge is 0.350 e. The van der Waals surface area contributed by atoms with Gasteiger partial charge in [0.25, 0.3) is 5.91 Å². The molecule has 0 aliphatic carbocycles. The lowest BCUT2D eigenvalue weighted by molar-refractivity contribution is 0.0951. The van der Waals surface area contributed by atoms with Crippen molar-refractivity contribution in [3.05, 3.63) is 48.2 Å². The molecule has 0 fully saturated rings. The maximum atomic E-state index is 12.9. The van der Waals surface area contributed by atoms with E-state index in [1.54, 1.807) is 24.5 Å². The number of hydrogen-bond acceptors (Lipinski definition) is 5. The minimum absolute atomic E-state index is 0.241. The molecule has 7 nitrogen and oxygen atoms in total. The number of aromatic amines is 1. The maximum Gasteiger partial charge on any atom is 0.269 e. The first-order chi connectivity index (χ1) is 11.6. The Morgan fingerprint density at radius 2 is 2.17 bits per heavy atom. The van der Waals surface area contributed by atoms with Gasteiger partial charge in [-0.25, -0.2) is 4.39 Å². The number of benzene rings is 1. The van der Waals surface area contributed by atoms with Crippen LogP contribution in [0.25, 0.3) is 11.3 Å². The topological polar surface area (TPSA) is 88.5 Å². The highest BCUT2D eigenvalue weighted by Gasteiger charge is 2.11. The van der Waals surface area contributed by atoms with Crippen molar-refractivity contribution in [1.29, 1.82) is 0 Å². The van der Waals surface area contributed by atoms with Gasteiger partial charge < -0.3 is 9.88 Å². The summed E-state index contributed by atoms with van der Waals surface area (Å²) >= 11 is 1.51. The molecule has 0 saturated heterocycles. The van der Waals surface area contributed by atoms with Crippen molar-refractivity contribution in [1.82, 2.24) is 30.3 Å². The minimum Gasteiger partial charge on any atom is -0.350 e. The molecule has 1 amide bonds. The van der Waals surface area contributed by atoms with Gasteiger partial charge in [0, 0.05) is 24.9 Å². The first kappa shape index (κ1) is 16.2. The fourth-order valence-corrected chi connectivity index (χ4v) is 2.75. The Morgan fingerprint density at radius 3 is 2.88 bits per heavy atom. The SMILES string of the molecule is Cn1cnnc1SCCNC(=O)c1cc(-c2ccc(F)cc2)n[nH]1. The highest BCUT2D eigenvalue weighted by Crippen LogP contribution is 2.18. The van der Waals surface area contributed by atoms with Crippen LogP contribution in [0.15, 0.2) is 41.8 Å². The first-order valence-electron chi connectivity index (χ1n) is 7.20. The van der Waals surface area contributed by atoms with Gasteiger partial charge in [0.2, 0.25) is 0 Å². The van der Waals surface area contributed by atoms with E-state index in [4.69, 9.17) is 0 Å². The Bertz CT molecular complexity index is 829. The minimum atomic E-state index is -0.312. The average molecular weight is 346 g/mol. The average Bonchev–Trinajstić information content (AvgIpc) is 3.22. The van der Waals surface area contributed by atoms with Crippen LogP contribution >= 0.6 is 11.8 Å². The van der Waals surface area contributed by atoms with Gasteiger partial charge in [0.05, 0.1) is 5.69 Å². The van der Waals surface area contributed by atoms with Crippen molar-refractivity contribution >= 4 is 17.7 Å². The lowest BCUT2D eigenvalue weighted by atomic mass is 10.1. The van der Waals surface area contributed by atoms with Gasteiger partial charge in [-0.05, 0) is 30.3 Å². The quantitative estimate of drug-likeness (QED) is 0.525. The highest BCUT2D eigenvalue weighted by molar-refractivity contribution is 7.99. The summed E-state index contributed by atoms with van der Waals surface area (Å²) in [6.45, 7) is 0.487. The summed E-state index contributed by atoms with van der Waals surface area (Å²) in [5.74, 6) is 0.124. The second-order valence-corrected chi connectivity index (χ2v) is 6.06. The monoisotopic (exact) mass is 346 g/mol. The third-order valence-electron chi connectivity index (χ3n) is 3.25. The van der Waals surface area contributed by atoms with Crippen LogP contribution in [0.5, 0.6) is 0 Å². The van der Waals surface area contributed by atoms with Crippen molar-refractivity contribution in [2.75, 3.05) is 12.3 Å². The summed E-state index contributed by atoms with van der Waals surface area (Å²) in [7, 11) is 1.86. The third kappa shape index (κ3) is 3.80. The lowest BCUT2D eigenvalue weighted by Crippen LogP contribution is -2.26. The van der Waals surface area contributed by atoms with Crippen LogP contribution in [0, 0.1) is 5.82 Å². The third-order valence-corrected chi connectivity index (χ3v) is 4.29. The fourth-order valence-electron chi connectivity index (χ4n) is 2.01. The summed E-state index contributed by atoms with van der Waals surface area (Å²) in [5.41, 5.74) is 1.69. The van der Waals surface area contributed by atoms with E-state index in [9.17, 15) is 9.18 Å². The molecule has 2 heterocycles. The summed E-state index contributed by atoms with van der Waals surface area (Å²) in [6, 6.07) is 7.58. The number of nitrogens with one attached hydrogen (secondary N) is 2. The fraction of sp³-hybridized carbons (Fsp3) is 0.200. The van der Waals surface area contributed by atoms with Gasteiger partial charge in [-0.3, -0.25) is 9.89 Å². The van der Waals surface area contributed by atoms with Crippen molar-refractivity contribution in [3.63, 3.8) is 0 Å². The molecule has 0 bridgehead atoms. The van der Waals surface area contributed by atoms with E-state index < -0.39 is 0 Å². The Balaban J connectivity index is 1.52. The van der Waals surface area contributed by atoms with Crippen LogP contribution < -0.4 is 5.32 Å². The molecule has 124 valence electrons. The Labute approximate surface area is 141 Å². The van der Waals surface area contributed by atoms with E-state index in [0.29, 0.717) is 23.7 Å². The molecule has 2 N–H and O–H groups in total. The number of nitrogens with zero attached hydrogens (tertiary/aromatic N) is 4. The molecule has 0 saturated carbocycles. The molecule has 3 rings (SSSR count). The summed E-state index contributed by atoms with van der Waals surface area (Å²) in [4.78, 5) is 12.1. The number of halogens is 1. The van der Waals surface area contributed by atoms with E-state index in [2.05, 4.69) is 25.7 Å². The molecule has 9 heteroatoms. The van der Waals surface area contributed by atoms with Crippen LogP contribution in [0.2, 0.25) is 0 Å². The number of rotatable bonds is 6. The molecule has 2 aromatic heterocycles. The van der Waals surface area contributed by atoms with Gasteiger partial charge in [-0.2, -0.15) is 5.10 Å². The van der Waals surface area contributed by atoms with Crippen LogP contribution in [0.3, 0.4) is 0 Å². The van der Waals surface area contributed by atoms with Gasteiger partial charge in [-0.15, -0.1) is 10.2 Å². The zero-order chi connectivity index (χ0) is 16.9. The number of aryl methyl sites for hydroxylation is 1. The number of hydrogen-bond donors (Lipinski definition) is 2. The standard InChI is InChI=1S/C15H15FN6OS/c1-22-9-18-21-15(22)24-7-6-17-14(23)13-8-12(19-20-13)10-2-4-11(16)5-3-10/h2-5,8-9H,6-7H2,1H3,(H,17,23)(H,19,20). The van der Waals surface area contributed by atoms with E-state index in [1.807, 2.05) is 11.6 Å². The lowest BCUT2D eigenvalue weighted by Gasteiger charge is -2.03. The number of carbonyl (C=O) groups is 1. The van der Waals surface area contributed by atoms with Gasteiger partial charge >= 0.3 is 0 Å². The smallest absolute Gasteiger partial charge is 0.269 e. The molecule has 0 aliphatic rings. The first-order valence-corrected chi connectivity index (χ1v) is 8.18. The van der Waals surface area contributed by atoms with Crippen molar-refractivity contribution < 1.29 is 9.18 Å². The van der Waals surface area contributed by atoms with Crippen LogP contribution in [-0.2, 0) is 7.05 Å². The number of carbonyl (C=O) groups excluding carboxylic acids is 1. The predicted octanol–water partition coefficient (Wildman–Crippen LogP) is 1.87. The number of aromatic nitrogens is 5. The van der Waals surface area contributed by atoms with E-state index in [1.165, 1.54) is 23.9 Å². The zero-order valence-electron chi connectivity index (χ0n) is 12.9. The van der Waals surface area contributed by atoms with Crippen molar-refractivity contribution in [3.8, 4) is 11.3 Å². The molecule has 0 spiro atoms. The number of thioether (sulfide) groups is 1. The van der Waals surface area contributed by atoms with Crippen molar-refractivity contribution in [2.45, 2.75) is 5.16 Å². The molecule has 0 radical (unpaired) electrons. The molecule has 1 aromatic carbocycles. The number of H-pyrrole nitrogens is 1. The van der Waals surface area contributed by atoms with Gasteiger partial charge in [-0.1, -0.05) is 11.8 Å². The molecule has 0 unspecified atom stereocenters. The van der Waals surface area contributed by atoms with E-state index in [0.717, 1.165) is 10.7 Å².